The van der Waals surface area contributed by atoms with Gasteiger partial charge in [0.05, 0.1) is 12.3 Å². The summed E-state index contributed by atoms with van der Waals surface area (Å²) in [5, 5.41) is 4.41. The van der Waals surface area contributed by atoms with Crippen molar-refractivity contribution in [3.63, 3.8) is 0 Å². The van der Waals surface area contributed by atoms with Crippen molar-refractivity contribution in [2.45, 2.75) is 25.3 Å². The first-order valence-electron chi connectivity index (χ1n) is 9.01. The smallest absolute Gasteiger partial charge is 0.254 e. The van der Waals surface area contributed by atoms with E-state index < -0.39 is 0 Å². The molecule has 5 rings (SSSR count). The summed E-state index contributed by atoms with van der Waals surface area (Å²) in [6, 6.07) is 12.9. The van der Waals surface area contributed by atoms with Gasteiger partial charge in [-0.1, -0.05) is 30.3 Å². The lowest BCUT2D eigenvalue weighted by Gasteiger charge is -2.47. The molecule has 4 heterocycles. The normalized spacial score (nSPS) is 23.6. The van der Waals surface area contributed by atoms with Gasteiger partial charge in [-0.25, -0.2) is 4.98 Å². The molecule has 0 amide bonds. The quantitative estimate of drug-likeness (QED) is 0.737. The zero-order valence-corrected chi connectivity index (χ0v) is 14.1. The minimum absolute atomic E-state index is 0.527. The summed E-state index contributed by atoms with van der Waals surface area (Å²) in [4.78, 5) is 11.5. The third-order valence-electron chi connectivity index (χ3n) is 5.40. The maximum absolute atomic E-state index is 5.71. The van der Waals surface area contributed by atoms with Crippen LogP contribution in [0.3, 0.4) is 0 Å². The first-order chi connectivity index (χ1) is 12.4. The standard InChI is InChI=1S/C19H21N5O/c1-2-5-14(6-3-1)16-11-18(24-19(22-16)20-13-21-24)23-9-8-17(23)15-7-4-10-25-12-15/h1-3,5-6,11,13,15,17H,4,7-10,12H2. The Hall–Kier alpha value is -2.47. The largest absolute Gasteiger partial charge is 0.381 e. The Morgan fingerprint density at radius 1 is 1.12 bits per heavy atom. The van der Waals surface area contributed by atoms with E-state index in [1.807, 2.05) is 22.7 Å². The molecule has 0 spiro atoms. The summed E-state index contributed by atoms with van der Waals surface area (Å²) >= 11 is 0. The zero-order valence-electron chi connectivity index (χ0n) is 14.1. The van der Waals surface area contributed by atoms with Gasteiger partial charge in [0.15, 0.2) is 0 Å². The molecule has 2 unspecified atom stereocenters. The second-order valence-electron chi connectivity index (χ2n) is 6.86. The molecular formula is C19H21N5O. The third-order valence-corrected chi connectivity index (χ3v) is 5.40. The Kier molecular flexibility index (Phi) is 3.63. The van der Waals surface area contributed by atoms with Crippen LogP contribution in [0.2, 0.25) is 0 Å². The second kappa shape index (κ2) is 6.11. The van der Waals surface area contributed by atoms with Crippen molar-refractivity contribution in [2.75, 3.05) is 24.7 Å². The van der Waals surface area contributed by atoms with Crippen LogP contribution in [-0.2, 0) is 4.74 Å². The summed E-state index contributed by atoms with van der Waals surface area (Å²) in [5.74, 6) is 2.35. The molecule has 2 aliphatic heterocycles. The molecule has 2 aliphatic rings. The Bertz CT molecular complexity index is 872. The highest BCUT2D eigenvalue weighted by Crippen LogP contribution is 2.35. The predicted octanol–water partition coefficient (Wildman–Crippen LogP) is 2.80. The minimum Gasteiger partial charge on any atom is -0.381 e. The van der Waals surface area contributed by atoms with Crippen molar-refractivity contribution in [1.29, 1.82) is 0 Å². The van der Waals surface area contributed by atoms with Crippen molar-refractivity contribution in [2.24, 2.45) is 5.92 Å². The molecule has 2 fully saturated rings. The van der Waals surface area contributed by atoms with Crippen molar-refractivity contribution in [3.8, 4) is 11.3 Å². The van der Waals surface area contributed by atoms with E-state index in [4.69, 9.17) is 4.74 Å². The Labute approximate surface area is 146 Å². The van der Waals surface area contributed by atoms with Crippen molar-refractivity contribution < 1.29 is 4.74 Å². The SMILES string of the molecule is c1ccc(-c2cc(N3CCC3C3CCCOC3)n3ncnc3n2)cc1. The van der Waals surface area contributed by atoms with Crippen LogP contribution >= 0.6 is 0 Å². The summed E-state index contributed by atoms with van der Waals surface area (Å²) in [7, 11) is 0. The number of nitrogens with zero attached hydrogens (tertiary/aromatic N) is 5. The van der Waals surface area contributed by atoms with E-state index in [1.54, 1.807) is 6.33 Å². The third kappa shape index (κ3) is 2.57. The molecule has 3 aromatic rings. The molecule has 6 heteroatoms. The van der Waals surface area contributed by atoms with Crippen molar-refractivity contribution in [1.82, 2.24) is 19.6 Å². The Morgan fingerprint density at radius 2 is 2.04 bits per heavy atom. The van der Waals surface area contributed by atoms with E-state index in [1.165, 1.54) is 19.3 Å². The number of benzene rings is 1. The Morgan fingerprint density at radius 3 is 2.80 bits per heavy atom. The first-order valence-corrected chi connectivity index (χ1v) is 9.01. The highest BCUT2D eigenvalue weighted by Gasteiger charge is 2.37. The summed E-state index contributed by atoms with van der Waals surface area (Å²) in [6.07, 6.45) is 5.21. The van der Waals surface area contributed by atoms with Crippen LogP contribution in [0.15, 0.2) is 42.7 Å². The summed E-state index contributed by atoms with van der Waals surface area (Å²) < 4.78 is 7.58. The van der Waals surface area contributed by atoms with Gasteiger partial charge in [-0.05, 0) is 19.3 Å². The molecule has 6 nitrogen and oxygen atoms in total. The number of hydrogen-bond donors (Lipinski definition) is 0. The van der Waals surface area contributed by atoms with E-state index in [9.17, 15) is 0 Å². The minimum atomic E-state index is 0.527. The lowest BCUT2D eigenvalue weighted by atomic mass is 9.85. The van der Waals surface area contributed by atoms with Gasteiger partial charge in [0.25, 0.3) is 5.78 Å². The van der Waals surface area contributed by atoms with Crippen molar-refractivity contribution >= 4 is 11.6 Å². The van der Waals surface area contributed by atoms with Crippen LogP contribution in [0, 0.1) is 5.92 Å². The number of ether oxygens (including phenoxy) is 1. The monoisotopic (exact) mass is 335 g/mol. The van der Waals surface area contributed by atoms with Crippen LogP contribution < -0.4 is 4.90 Å². The maximum Gasteiger partial charge on any atom is 0.254 e. The van der Waals surface area contributed by atoms with Gasteiger partial charge in [-0.3, -0.25) is 0 Å². The van der Waals surface area contributed by atoms with Crippen LogP contribution in [-0.4, -0.2) is 45.4 Å². The molecule has 2 aromatic heterocycles. The fourth-order valence-corrected chi connectivity index (χ4v) is 4.01. The van der Waals surface area contributed by atoms with E-state index in [-0.39, 0.29) is 0 Å². The van der Waals surface area contributed by atoms with E-state index >= 15 is 0 Å². The van der Waals surface area contributed by atoms with Gasteiger partial charge in [0.2, 0.25) is 0 Å². The topological polar surface area (TPSA) is 55.6 Å². The maximum atomic E-state index is 5.71. The van der Waals surface area contributed by atoms with Crippen molar-refractivity contribution in [3.05, 3.63) is 42.7 Å². The summed E-state index contributed by atoms with van der Waals surface area (Å²) in [5.41, 5.74) is 2.05. The van der Waals surface area contributed by atoms with E-state index in [2.05, 4.69) is 38.2 Å². The molecule has 128 valence electrons. The molecular weight excluding hydrogens is 314 g/mol. The molecule has 0 aliphatic carbocycles. The molecule has 0 bridgehead atoms. The van der Waals surface area contributed by atoms with E-state index in [0.717, 1.165) is 36.8 Å². The zero-order chi connectivity index (χ0) is 16.6. The van der Waals surface area contributed by atoms with Gasteiger partial charge >= 0.3 is 0 Å². The highest BCUT2D eigenvalue weighted by atomic mass is 16.5. The summed E-state index contributed by atoms with van der Waals surface area (Å²) in [6.45, 7) is 2.83. The van der Waals surface area contributed by atoms with Crippen LogP contribution in [0.5, 0.6) is 0 Å². The molecule has 0 saturated carbocycles. The van der Waals surface area contributed by atoms with Crippen LogP contribution in [0.25, 0.3) is 17.0 Å². The predicted molar refractivity (Wildman–Crippen MR) is 95.5 cm³/mol. The highest BCUT2D eigenvalue weighted by molar-refractivity contribution is 5.66. The van der Waals surface area contributed by atoms with Gasteiger partial charge < -0.3 is 9.64 Å². The lowest BCUT2D eigenvalue weighted by Crippen LogP contribution is -2.54. The molecule has 0 N–H and O–H groups in total. The fraction of sp³-hybridized carbons (Fsp3) is 0.421. The molecule has 0 radical (unpaired) electrons. The second-order valence-corrected chi connectivity index (χ2v) is 6.86. The van der Waals surface area contributed by atoms with Gasteiger partial charge in [0.1, 0.15) is 12.1 Å². The lowest BCUT2D eigenvalue weighted by molar-refractivity contribution is 0.0354. The number of aromatic nitrogens is 4. The molecule has 2 saturated heterocycles. The molecule has 25 heavy (non-hydrogen) atoms. The first kappa shape index (κ1) is 14.8. The number of hydrogen-bond acceptors (Lipinski definition) is 5. The van der Waals surface area contributed by atoms with Gasteiger partial charge in [0, 0.05) is 36.7 Å². The molecule has 2 atom stereocenters. The van der Waals surface area contributed by atoms with Crippen LogP contribution in [0.4, 0.5) is 5.82 Å². The number of rotatable bonds is 3. The molecule has 1 aromatic carbocycles. The number of anilines is 1. The van der Waals surface area contributed by atoms with E-state index in [0.29, 0.717) is 17.7 Å². The van der Waals surface area contributed by atoms with Gasteiger partial charge in [-0.2, -0.15) is 14.6 Å². The fourth-order valence-electron chi connectivity index (χ4n) is 4.01. The van der Waals surface area contributed by atoms with Crippen LogP contribution in [0.1, 0.15) is 19.3 Å². The average Bonchev–Trinajstić information content (AvgIpc) is 3.11. The Balaban J connectivity index is 1.55. The number of fused-ring (bicyclic) bond motifs is 1. The average molecular weight is 335 g/mol. The van der Waals surface area contributed by atoms with Gasteiger partial charge in [-0.15, -0.1) is 0 Å².